The number of ether oxygens (including phenoxy) is 1. The number of aryl methyl sites for hydroxylation is 1. The van der Waals surface area contributed by atoms with Gasteiger partial charge in [-0.05, 0) is 62.0 Å². The number of nitrogens with one attached hydrogen (secondary N) is 3. The third kappa shape index (κ3) is 5.39. The molecule has 1 heterocycles. The lowest BCUT2D eigenvalue weighted by molar-refractivity contribution is -0.129. The highest BCUT2D eigenvalue weighted by atomic mass is 16.5. The first-order valence-electron chi connectivity index (χ1n) is 9.94. The molecule has 2 amide bonds. The number of rotatable bonds is 8. The van der Waals surface area contributed by atoms with Crippen LogP contribution >= 0.6 is 0 Å². The van der Waals surface area contributed by atoms with Gasteiger partial charge in [-0.3, -0.25) is 20.4 Å². The fourth-order valence-corrected chi connectivity index (χ4v) is 3.29. The van der Waals surface area contributed by atoms with E-state index >= 15 is 0 Å². The van der Waals surface area contributed by atoms with Crippen molar-refractivity contribution in [2.75, 3.05) is 27.7 Å². The van der Waals surface area contributed by atoms with Crippen molar-refractivity contribution < 1.29 is 14.3 Å². The van der Waals surface area contributed by atoms with E-state index in [-0.39, 0.29) is 18.2 Å². The quantitative estimate of drug-likeness (QED) is 0.500. The van der Waals surface area contributed by atoms with Gasteiger partial charge in [0.15, 0.2) is 0 Å². The Kier molecular flexibility index (Phi) is 7.08. The Hall–Kier alpha value is -3.32. The number of aromatic nitrogens is 1. The van der Waals surface area contributed by atoms with Gasteiger partial charge in [0, 0.05) is 36.0 Å². The molecule has 0 saturated carbocycles. The van der Waals surface area contributed by atoms with Crippen molar-refractivity contribution in [1.29, 1.82) is 0 Å². The van der Waals surface area contributed by atoms with E-state index in [4.69, 9.17) is 4.74 Å². The Morgan fingerprint density at radius 2 is 1.63 bits per heavy atom. The number of hydrazine groups is 1. The van der Waals surface area contributed by atoms with Crippen LogP contribution in [0.5, 0.6) is 5.75 Å². The topological polar surface area (TPSA) is 86.5 Å². The predicted molar refractivity (Wildman–Crippen MR) is 118 cm³/mol. The van der Waals surface area contributed by atoms with Crippen molar-refractivity contribution in [3.05, 3.63) is 54.1 Å². The van der Waals surface area contributed by atoms with Gasteiger partial charge in [0.05, 0.1) is 7.11 Å². The molecule has 0 unspecified atom stereocenters. The average Bonchev–Trinajstić information content (AvgIpc) is 3.13. The molecule has 3 aromatic rings. The molecule has 0 aliphatic heterocycles. The highest BCUT2D eigenvalue weighted by Crippen LogP contribution is 2.32. The third-order valence-corrected chi connectivity index (χ3v) is 4.92. The minimum atomic E-state index is -0.223. The summed E-state index contributed by atoms with van der Waals surface area (Å²) in [7, 11) is 5.43. The number of amides is 2. The predicted octanol–water partition coefficient (Wildman–Crippen LogP) is 2.88. The molecule has 0 atom stereocenters. The normalized spacial score (nSPS) is 10.9. The summed E-state index contributed by atoms with van der Waals surface area (Å²) >= 11 is 0. The molecule has 7 heteroatoms. The van der Waals surface area contributed by atoms with Crippen molar-refractivity contribution in [2.45, 2.75) is 19.3 Å². The van der Waals surface area contributed by atoms with Crippen molar-refractivity contribution in [1.82, 2.24) is 20.7 Å². The van der Waals surface area contributed by atoms with Gasteiger partial charge >= 0.3 is 0 Å². The van der Waals surface area contributed by atoms with Crippen LogP contribution in [0.2, 0.25) is 0 Å². The Morgan fingerprint density at radius 1 is 0.967 bits per heavy atom. The molecule has 1 aromatic heterocycles. The van der Waals surface area contributed by atoms with Gasteiger partial charge in [0.1, 0.15) is 5.75 Å². The highest BCUT2D eigenvalue weighted by Gasteiger charge is 2.15. The van der Waals surface area contributed by atoms with E-state index < -0.39 is 0 Å². The summed E-state index contributed by atoms with van der Waals surface area (Å²) in [6.07, 6.45) is 1.14. The van der Waals surface area contributed by atoms with E-state index in [1.54, 1.807) is 7.11 Å². The molecule has 0 spiro atoms. The lowest BCUT2D eigenvalue weighted by atomic mass is 10.0. The van der Waals surface area contributed by atoms with Crippen molar-refractivity contribution in [3.63, 3.8) is 0 Å². The molecule has 2 aromatic carbocycles. The fourth-order valence-electron chi connectivity index (χ4n) is 3.29. The summed E-state index contributed by atoms with van der Waals surface area (Å²) in [4.78, 5) is 29.5. The van der Waals surface area contributed by atoms with E-state index in [2.05, 4.69) is 21.9 Å². The zero-order valence-corrected chi connectivity index (χ0v) is 17.6. The van der Waals surface area contributed by atoms with Gasteiger partial charge in [-0.25, -0.2) is 0 Å². The summed E-state index contributed by atoms with van der Waals surface area (Å²) in [5, 5.41) is 1.09. The summed E-state index contributed by atoms with van der Waals surface area (Å²) in [5.41, 5.74) is 9.10. The van der Waals surface area contributed by atoms with Crippen molar-refractivity contribution in [2.24, 2.45) is 0 Å². The van der Waals surface area contributed by atoms with E-state index in [1.807, 2.05) is 61.5 Å². The van der Waals surface area contributed by atoms with Gasteiger partial charge in [-0.2, -0.15) is 0 Å². The van der Waals surface area contributed by atoms with Crippen LogP contribution in [-0.4, -0.2) is 49.4 Å². The lowest BCUT2D eigenvalue weighted by Crippen LogP contribution is -2.42. The largest absolute Gasteiger partial charge is 0.497 e. The molecule has 158 valence electrons. The number of fused-ring (bicyclic) bond motifs is 1. The third-order valence-electron chi connectivity index (χ3n) is 4.92. The molecule has 0 aliphatic carbocycles. The second-order valence-corrected chi connectivity index (χ2v) is 7.40. The zero-order valence-electron chi connectivity index (χ0n) is 17.6. The van der Waals surface area contributed by atoms with E-state index in [0.717, 1.165) is 33.5 Å². The maximum absolute atomic E-state index is 12.3. The maximum Gasteiger partial charge on any atom is 0.239 e. The zero-order chi connectivity index (χ0) is 21.5. The van der Waals surface area contributed by atoms with Crippen LogP contribution in [0.3, 0.4) is 0 Å². The molecule has 0 saturated heterocycles. The minimum Gasteiger partial charge on any atom is -0.497 e. The van der Waals surface area contributed by atoms with Crippen molar-refractivity contribution in [3.8, 4) is 17.0 Å². The minimum absolute atomic E-state index is 0.205. The molecular weight excluding hydrogens is 380 g/mol. The Balaban J connectivity index is 1.70. The standard InChI is InChI=1S/C23H28N4O3/c1-27(2)15-14-22(29)26-25-21(28)13-12-19-18-6-4-5-7-20(18)24-23(19)16-8-10-17(30-3)11-9-16/h4-11,24H,12-15H2,1-3H3,(H,25,28)(H,26,29). The number of para-hydroxylation sites is 1. The van der Waals surface area contributed by atoms with Crippen LogP contribution in [-0.2, 0) is 16.0 Å². The first-order chi connectivity index (χ1) is 14.5. The van der Waals surface area contributed by atoms with Crippen LogP contribution in [0.25, 0.3) is 22.2 Å². The maximum atomic E-state index is 12.3. The van der Waals surface area contributed by atoms with Crippen molar-refractivity contribution >= 4 is 22.7 Å². The number of carbonyl (C=O) groups excluding carboxylic acids is 2. The molecule has 0 fully saturated rings. The van der Waals surface area contributed by atoms with Gasteiger partial charge in [0.2, 0.25) is 11.8 Å². The summed E-state index contributed by atoms with van der Waals surface area (Å²) < 4.78 is 5.25. The Morgan fingerprint density at radius 3 is 2.30 bits per heavy atom. The number of nitrogens with zero attached hydrogens (tertiary/aromatic N) is 1. The number of methoxy groups -OCH3 is 1. The van der Waals surface area contributed by atoms with Crippen LogP contribution < -0.4 is 15.6 Å². The lowest BCUT2D eigenvalue weighted by Gasteiger charge is -2.11. The van der Waals surface area contributed by atoms with Gasteiger partial charge in [0.25, 0.3) is 0 Å². The molecule has 3 rings (SSSR count). The molecule has 0 radical (unpaired) electrons. The summed E-state index contributed by atoms with van der Waals surface area (Å²) in [6.45, 7) is 0.627. The fraction of sp³-hybridized carbons (Fsp3) is 0.304. The molecular formula is C23H28N4O3. The first kappa shape index (κ1) is 21.4. The number of hydrogen-bond acceptors (Lipinski definition) is 4. The SMILES string of the molecule is COc1ccc(-c2[nH]c3ccccc3c2CCC(=O)NNC(=O)CCN(C)C)cc1. The van der Waals surface area contributed by atoms with Crippen LogP contribution in [0.15, 0.2) is 48.5 Å². The number of H-pyrrole nitrogens is 1. The van der Waals surface area contributed by atoms with Crippen LogP contribution in [0.1, 0.15) is 18.4 Å². The summed E-state index contributed by atoms with van der Waals surface area (Å²) in [6, 6.07) is 15.9. The summed E-state index contributed by atoms with van der Waals surface area (Å²) in [5.74, 6) is 0.364. The first-order valence-corrected chi connectivity index (χ1v) is 9.94. The van der Waals surface area contributed by atoms with Gasteiger partial charge in [-0.1, -0.05) is 18.2 Å². The second kappa shape index (κ2) is 9.93. The molecule has 0 aliphatic rings. The molecule has 30 heavy (non-hydrogen) atoms. The smallest absolute Gasteiger partial charge is 0.239 e. The molecule has 3 N–H and O–H groups in total. The van der Waals surface area contributed by atoms with E-state index in [9.17, 15) is 9.59 Å². The Bertz CT molecular complexity index is 1010. The second-order valence-electron chi connectivity index (χ2n) is 7.40. The van der Waals surface area contributed by atoms with Gasteiger partial charge < -0.3 is 14.6 Å². The number of carbonyl (C=O) groups is 2. The van der Waals surface area contributed by atoms with E-state index in [1.165, 1.54) is 0 Å². The Labute approximate surface area is 176 Å². The number of benzene rings is 2. The average molecular weight is 409 g/mol. The van der Waals surface area contributed by atoms with Crippen LogP contribution in [0.4, 0.5) is 0 Å². The molecule has 7 nitrogen and oxygen atoms in total. The van der Waals surface area contributed by atoms with E-state index in [0.29, 0.717) is 19.4 Å². The number of aromatic amines is 1. The molecule has 0 bridgehead atoms. The van der Waals surface area contributed by atoms with Gasteiger partial charge in [-0.15, -0.1) is 0 Å². The monoisotopic (exact) mass is 408 g/mol. The van der Waals surface area contributed by atoms with Crippen LogP contribution in [0, 0.1) is 0 Å². The number of hydrogen-bond donors (Lipinski definition) is 3. The highest BCUT2D eigenvalue weighted by molar-refractivity contribution is 5.91.